The minimum absolute atomic E-state index is 0.0412. The van der Waals surface area contributed by atoms with E-state index in [2.05, 4.69) is 5.32 Å². The lowest BCUT2D eigenvalue weighted by atomic mass is 9.80. The van der Waals surface area contributed by atoms with Crippen LogP contribution in [0.15, 0.2) is 83.0 Å². The van der Waals surface area contributed by atoms with Crippen LogP contribution in [-0.2, 0) is 23.9 Å². The van der Waals surface area contributed by atoms with Crippen molar-refractivity contribution in [3.63, 3.8) is 0 Å². The Morgan fingerprint density at radius 1 is 0.849 bits per heavy atom. The maximum atomic E-state index is 13.0. The maximum absolute atomic E-state index is 13.0. The number of aliphatic carboxylic acids is 1. The molecule has 2 aromatic rings. The first-order valence-electron chi connectivity index (χ1n) is 16.8. The number of unbranched alkanes of at least 4 members (excludes halogenated alkanes) is 3. The number of fused-ring (bicyclic) bond motifs is 1. The number of hydrogen-bond acceptors (Lipinski definition) is 13. The molecule has 3 aliphatic rings. The first-order chi connectivity index (χ1) is 25.0. The molecule has 2 aromatic carbocycles. The van der Waals surface area contributed by atoms with E-state index in [1.54, 1.807) is 38.2 Å². The van der Waals surface area contributed by atoms with E-state index in [9.17, 15) is 44.7 Å². The highest BCUT2D eigenvalue weighted by Gasteiger charge is 2.68. The van der Waals surface area contributed by atoms with Gasteiger partial charge in [-0.3, -0.25) is 35.1 Å². The summed E-state index contributed by atoms with van der Waals surface area (Å²) in [6, 6.07) is 12.1. The molecule has 282 valence electrons. The van der Waals surface area contributed by atoms with Crippen LogP contribution in [0.4, 0.5) is 11.4 Å². The molecule has 17 nitrogen and oxygen atoms in total. The van der Waals surface area contributed by atoms with Crippen LogP contribution in [0.2, 0.25) is 0 Å². The third-order valence-electron chi connectivity index (χ3n) is 9.85. The van der Waals surface area contributed by atoms with Crippen LogP contribution in [0, 0.1) is 30.3 Å². The molecule has 1 saturated heterocycles. The first-order valence-corrected chi connectivity index (χ1v) is 16.8. The Morgan fingerprint density at radius 3 is 1.94 bits per heavy atom. The van der Waals surface area contributed by atoms with Crippen molar-refractivity contribution in [2.24, 2.45) is 0 Å². The smallest absolute Gasteiger partial charge is 0.336 e. The number of allylic oxidation sites excluding steroid dienone is 2. The van der Waals surface area contributed by atoms with Gasteiger partial charge >= 0.3 is 17.9 Å². The number of carbonyl (C=O) groups excluding carboxylic acids is 2. The van der Waals surface area contributed by atoms with E-state index in [1.807, 2.05) is 18.7 Å². The second-order valence-corrected chi connectivity index (χ2v) is 13.1. The Hall–Kier alpha value is -6.13. The monoisotopic (exact) mass is 735 g/mol. The summed E-state index contributed by atoms with van der Waals surface area (Å²) < 4.78 is 10.4. The molecule has 2 N–H and O–H groups in total. The zero-order valence-corrected chi connectivity index (χ0v) is 29.9. The predicted molar refractivity (Wildman–Crippen MR) is 189 cm³/mol. The molecule has 3 heterocycles. The number of benzene rings is 2. The van der Waals surface area contributed by atoms with Gasteiger partial charge in [0, 0.05) is 42.1 Å². The van der Waals surface area contributed by atoms with Gasteiger partial charge in [0.25, 0.3) is 17.1 Å². The van der Waals surface area contributed by atoms with E-state index in [0.29, 0.717) is 48.2 Å². The van der Waals surface area contributed by atoms with Crippen molar-refractivity contribution >= 4 is 29.3 Å². The fourth-order valence-corrected chi connectivity index (χ4v) is 7.01. The topological polar surface area (TPSA) is 234 Å². The van der Waals surface area contributed by atoms with Gasteiger partial charge in [-0.2, -0.15) is 0 Å². The molecule has 0 radical (unpaired) electrons. The number of nitro groups is 3. The molecule has 53 heavy (non-hydrogen) atoms. The third-order valence-corrected chi connectivity index (χ3v) is 9.85. The van der Waals surface area contributed by atoms with Gasteiger partial charge in [0.15, 0.2) is 0 Å². The number of carbonyl (C=O) groups is 3. The summed E-state index contributed by atoms with van der Waals surface area (Å²) in [6.45, 7) is 7.41. The van der Waals surface area contributed by atoms with Crippen LogP contribution in [-0.4, -0.2) is 68.0 Å². The van der Waals surface area contributed by atoms with Crippen LogP contribution < -0.4 is 5.32 Å². The molecule has 0 amide bonds. The molecule has 4 atom stereocenters. The Bertz CT molecular complexity index is 1920. The van der Waals surface area contributed by atoms with E-state index in [-0.39, 0.29) is 52.8 Å². The Labute approximate surface area is 304 Å². The van der Waals surface area contributed by atoms with E-state index >= 15 is 0 Å². The molecular formula is C36H41N5O12. The van der Waals surface area contributed by atoms with Gasteiger partial charge in [-0.25, -0.2) is 9.59 Å². The number of nitrogens with zero attached hydrogens (tertiary/aromatic N) is 4. The van der Waals surface area contributed by atoms with E-state index in [4.69, 9.17) is 14.6 Å². The van der Waals surface area contributed by atoms with Crippen molar-refractivity contribution in [2.45, 2.75) is 83.2 Å². The van der Waals surface area contributed by atoms with Crippen LogP contribution >= 0.6 is 0 Å². The number of dihydropyridines is 1. The second-order valence-electron chi connectivity index (χ2n) is 13.1. The van der Waals surface area contributed by atoms with E-state index < -0.39 is 44.5 Å². The van der Waals surface area contributed by atoms with Gasteiger partial charge in [-0.1, -0.05) is 37.1 Å². The van der Waals surface area contributed by atoms with Crippen molar-refractivity contribution in [3.8, 4) is 0 Å². The fraction of sp³-hybridized carbons (Fsp3) is 0.417. The van der Waals surface area contributed by atoms with Gasteiger partial charge in [0.1, 0.15) is 5.92 Å². The van der Waals surface area contributed by atoms with Gasteiger partial charge in [0.05, 0.1) is 63.3 Å². The van der Waals surface area contributed by atoms with Gasteiger partial charge in [0.2, 0.25) is 0 Å². The third kappa shape index (κ3) is 8.51. The van der Waals surface area contributed by atoms with E-state index in [1.165, 1.54) is 37.4 Å². The van der Waals surface area contributed by atoms with Crippen molar-refractivity contribution in [1.82, 2.24) is 10.2 Å². The largest absolute Gasteiger partial charge is 0.481 e. The summed E-state index contributed by atoms with van der Waals surface area (Å²) in [4.78, 5) is 70.1. The van der Waals surface area contributed by atoms with E-state index in [0.717, 1.165) is 0 Å². The SMILES string of the molecule is CC1N2C=C([N+](=O)[O-])C(c3cccc([N+](=O)[O-])c3)C12C.COC(=O)C1=C(C)NC(C)=C(C(=O)OCCCCCCC(=O)O)C1c1cccc([N+](=O)[O-])c1. The molecule has 0 saturated carbocycles. The maximum Gasteiger partial charge on any atom is 0.336 e. The average molecular weight is 736 g/mol. The summed E-state index contributed by atoms with van der Waals surface area (Å²) in [5, 5.41) is 45.0. The highest BCUT2D eigenvalue weighted by Crippen LogP contribution is 2.59. The number of methoxy groups -OCH3 is 1. The molecule has 4 unspecified atom stereocenters. The highest BCUT2D eigenvalue weighted by atomic mass is 16.6. The summed E-state index contributed by atoms with van der Waals surface area (Å²) in [6.07, 6.45) is 4.19. The average Bonchev–Trinajstić information content (AvgIpc) is 3.45. The first kappa shape index (κ1) is 39.7. The Kier molecular flexibility index (Phi) is 12.3. The summed E-state index contributed by atoms with van der Waals surface area (Å²) in [7, 11) is 1.22. The van der Waals surface area contributed by atoms with Gasteiger partial charge in [-0.15, -0.1) is 0 Å². The second kappa shape index (κ2) is 16.5. The number of non-ortho nitro benzene ring substituents is 2. The van der Waals surface area contributed by atoms with Crippen LogP contribution in [0.1, 0.15) is 82.8 Å². The molecule has 0 bridgehead atoms. The normalized spacial score (nSPS) is 21.3. The van der Waals surface area contributed by atoms with Crippen LogP contribution in [0.25, 0.3) is 0 Å². The van der Waals surface area contributed by atoms with Crippen LogP contribution in [0.3, 0.4) is 0 Å². The van der Waals surface area contributed by atoms with Crippen LogP contribution in [0.5, 0.6) is 0 Å². The van der Waals surface area contributed by atoms with Gasteiger partial charge < -0.3 is 24.8 Å². The number of esters is 2. The number of ether oxygens (including phenoxy) is 2. The summed E-state index contributed by atoms with van der Waals surface area (Å²) in [5.74, 6) is -3.48. The standard InChI is InChI=1S/C23H28N2O8.C13H13N3O4/c1-14-19(22(28)32-3)21(16-9-8-10-17(13-16)25(30)31)20(15(2)24-14)23(29)33-12-7-5-4-6-11-18(26)27;1-8-13(2)12(11(16(19)20)7-14(8)13)9-4-3-5-10(6-9)15(17)18/h8-10,13,21,24H,4-7,11-12H2,1-3H3,(H,26,27);3-8,12H,1-2H3. The summed E-state index contributed by atoms with van der Waals surface area (Å²) in [5.41, 5.74) is 1.86. The molecule has 0 aromatic heterocycles. The fourth-order valence-electron chi connectivity index (χ4n) is 7.01. The lowest BCUT2D eigenvalue weighted by molar-refractivity contribution is -0.430. The zero-order chi connectivity index (χ0) is 39.2. The zero-order valence-electron chi connectivity index (χ0n) is 29.9. The molecular weight excluding hydrogens is 694 g/mol. The number of nitro benzene ring substituents is 2. The number of hydrogen-bond donors (Lipinski definition) is 2. The van der Waals surface area contributed by atoms with Crippen molar-refractivity contribution in [2.75, 3.05) is 13.7 Å². The van der Waals surface area contributed by atoms with Crippen molar-refractivity contribution in [1.29, 1.82) is 0 Å². The van der Waals surface area contributed by atoms with Gasteiger partial charge in [-0.05, 0) is 51.7 Å². The van der Waals surface area contributed by atoms with Crippen molar-refractivity contribution in [3.05, 3.63) is 124 Å². The minimum Gasteiger partial charge on any atom is -0.481 e. The molecule has 3 aliphatic heterocycles. The number of nitrogens with one attached hydrogen (secondary N) is 1. The number of carboxylic acid groups (broad SMARTS) is 1. The molecule has 17 heteroatoms. The number of rotatable bonds is 14. The molecule has 5 rings (SSSR count). The quantitative estimate of drug-likeness (QED) is 0.0761. The minimum atomic E-state index is -0.901. The van der Waals surface area contributed by atoms with Crippen molar-refractivity contribution < 1.29 is 43.7 Å². The lowest BCUT2D eigenvalue weighted by Gasteiger charge is -2.30. The Morgan fingerprint density at radius 2 is 1.40 bits per heavy atom. The highest BCUT2D eigenvalue weighted by molar-refractivity contribution is 5.99. The summed E-state index contributed by atoms with van der Waals surface area (Å²) >= 11 is 0. The number of carboxylic acids is 1. The Balaban J connectivity index is 0.000000265. The molecule has 1 fully saturated rings. The lowest BCUT2D eigenvalue weighted by Crippen LogP contribution is -2.32. The predicted octanol–water partition coefficient (Wildman–Crippen LogP) is 5.85. The molecule has 0 aliphatic carbocycles. The molecule has 0 spiro atoms.